The van der Waals surface area contributed by atoms with E-state index in [9.17, 15) is 18.0 Å². The number of nitrogens with zero attached hydrogens (tertiary/aromatic N) is 2. The van der Waals surface area contributed by atoms with Crippen LogP contribution in [0.15, 0.2) is 36.5 Å². The van der Waals surface area contributed by atoms with E-state index in [1.165, 1.54) is 18.3 Å². The van der Waals surface area contributed by atoms with Crippen molar-refractivity contribution >= 4 is 28.4 Å². The number of alkyl halides is 3. The van der Waals surface area contributed by atoms with Crippen molar-refractivity contribution in [2.75, 3.05) is 18.5 Å². The number of pyridine rings is 2. The maximum atomic E-state index is 12.5. The fourth-order valence-corrected chi connectivity index (χ4v) is 2.88. The lowest BCUT2D eigenvalue weighted by Crippen LogP contribution is -2.17. The van der Waals surface area contributed by atoms with Crippen LogP contribution >= 0.6 is 0 Å². The highest BCUT2D eigenvalue weighted by Gasteiger charge is 2.31. The van der Waals surface area contributed by atoms with Gasteiger partial charge in [0.15, 0.2) is 5.65 Å². The highest BCUT2D eigenvalue weighted by molar-refractivity contribution is 6.05. The number of hydrogen-bond donors (Lipinski definition) is 1. The first kappa shape index (κ1) is 22.1. The van der Waals surface area contributed by atoms with Gasteiger partial charge in [0, 0.05) is 17.3 Å². The molecule has 2 heterocycles. The Morgan fingerprint density at radius 1 is 1.13 bits per heavy atom. The Morgan fingerprint density at radius 2 is 1.84 bits per heavy atom. The molecule has 0 atom stereocenters. The predicted octanol–water partition coefficient (Wildman–Crippen LogP) is 5.16. The zero-order valence-electron chi connectivity index (χ0n) is 17.0. The van der Waals surface area contributed by atoms with Gasteiger partial charge in [-0.1, -0.05) is 0 Å². The molecule has 0 saturated carbocycles. The van der Waals surface area contributed by atoms with Crippen molar-refractivity contribution < 1.29 is 32.2 Å². The van der Waals surface area contributed by atoms with E-state index in [1.54, 1.807) is 19.9 Å². The first-order valence-corrected chi connectivity index (χ1v) is 9.45. The molecule has 10 heteroatoms. The molecule has 1 aromatic carbocycles. The Labute approximate surface area is 176 Å². The van der Waals surface area contributed by atoms with E-state index in [1.807, 2.05) is 6.92 Å². The molecule has 0 fully saturated rings. The lowest BCUT2D eigenvalue weighted by Gasteiger charge is -2.16. The smallest absolute Gasteiger partial charge is 0.492 e. The number of anilines is 2. The van der Waals surface area contributed by atoms with Crippen LogP contribution in [-0.4, -0.2) is 35.5 Å². The van der Waals surface area contributed by atoms with Crippen LogP contribution < -0.4 is 14.8 Å². The number of benzene rings is 1. The van der Waals surface area contributed by atoms with Gasteiger partial charge in [-0.15, -0.1) is 13.2 Å². The van der Waals surface area contributed by atoms with Gasteiger partial charge >= 0.3 is 12.3 Å². The van der Waals surface area contributed by atoms with Crippen LogP contribution in [0.25, 0.3) is 11.0 Å². The van der Waals surface area contributed by atoms with Gasteiger partial charge < -0.3 is 19.5 Å². The van der Waals surface area contributed by atoms with Crippen molar-refractivity contribution in [1.29, 1.82) is 0 Å². The van der Waals surface area contributed by atoms with Crippen LogP contribution in [0.3, 0.4) is 0 Å². The SMILES string of the molecule is CCOC(=O)c1cnc2nc(C)c(OCC)cc2c1Nc1ccc(OC(F)(F)F)cc1. The molecular weight excluding hydrogens is 415 g/mol. The van der Waals surface area contributed by atoms with Gasteiger partial charge in [-0.3, -0.25) is 0 Å². The van der Waals surface area contributed by atoms with Crippen molar-refractivity contribution in [2.24, 2.45) is 0 Å². The lowest BCUT2D eigenvalue weighted by atomic mass is 10.1. The summed E-state index contributed by atoms with van der Waals surface area (Å²) in [4.78, 5) is 21.2. The van der Waals surface area contributed by atoms with E-state index in [4.69, 9.17) is 9.47 Å². The summed E-state index contributed by atoms with van der Waals surface area (Å²) in [7, 11) is 0. The van der Waals surface area contributed by atoms with Crippen LogP contribution in [0.5, 0.6) is 11.5 Å². The van der Waals surface area contributed by atoms with Gasteiger partial charge in [-0.05, 0) is 51.1 Å². The molecule has 0 aliphatic carbocycles. The van der Waals surface area contributed by atoms with Crippen LogP contribution in [-0.2, 0) is 4.74 Å². The number of nitrogens with one attached hydrogen (secondary N) is 1. The third kappa shape index (κ3) is 5.33. The third-order valence-corrected chi connectivity index (χ3v) is 4.15. The number of ether oxygens (including phenoxy) is 3. The number of halogens is 3. The second-order valence-corrected chi connectivity index (χ2v) is 6.34. The lowest BCUT2D eigenvalue weighted by molar-refractivity contribution is -0.274. The Kier molecular flexibility index (Phi) is 6.47. The first-order chi connectivity index (χ1) is 14.7. The van der Waals surface area contributed by atoms with Crippen molar-refractivity contribution in [3.8, 4) is 11.5 Å². The highest BCUT2D eigenvalue weighted by atomic mass is 19.4. The van der Waals surface area contributed by atoms with Gasteiger partial charge in [-0.25, -0.2) is 14.8 Å². The maximum Gasteiger partial charge on any atom is 0.573 e. The van der Waals surface area contributed by atoms with Gasteiger partial charge in [0.05, 0.1) is 24.6 Å². The van der Waals surface area contributed by atoms with Crippen molar-refractivity contribution in [3.05, 3.63) is 47.8 Å². The predicted molar refractivity (Wildman–Crippen MR) is 108 cm³/mol. The number of aryl methyl sites for hydroxylation is 1. The molecule has 2 aromatic heterocycles. The van der Waals surface area contributed by atoms with Crippen LogP contribution in [0.2, 0.25) is 0 Å². The van der Waals surface area contributed by atoms with Crippen molar-refractivity contribution in [3.63, 3.8) is 0 Å². The summed E-state index contributed by atoms with van der Waals surface area (Å²) in [5, 5.41) is 3.56. The molecule has 7 nitrogen and oxygen atoms in total. The summed E-state index contributed by atoms with van der Waals surface area (Å²) >= 11 is 0. The normalized spacial score (nSPS) is 11.3. The fourth-order valence-electron chi connectivity index (χ4n) is 2.88. The largest absolute Gasteiger partial charge is 0.573 e. The third-order valence-electron chi connectivity index (χ3n) is 4.15. The van der Waals surface area contributed by atoms with E-state index in [0.717, 1.165) is 12.1 Å². The fraction of sp³-hybridized carbons (Fsp3) is 0.286. The zero-order valence-corrected chi connectivity index (χ0v) is 17.0. The topological polar surface area (TPSA) is 82.6 Å². The Bertz CT molecular complexity index is 1090. The van der Waals surface area contributed by atoms with E-state index < -0.39 is 12.3 Å². The van der Waals surface area contributed by atoms with Gasteiger partial charge in [0.2, 0.25) is 0 Å². The second-order valence-electron chi connectivity index (χ2n) is 6.34. The number of aromatic nitrogens is 2. The van der Waals surface area contributed by atoms with E-state index >= 15 is 0 Å². The number of fused-ring (bicyclic) bond motifs is 1. The van der Waals surface area contributed by atoms with E-state index in [0.29, 0.717) is 40.5 Å². The van der Waals surface area contributed by atoms with Crippen molar-refractivity contribution in [1.82, 2.24) is 9.97 Å². The minimum Gasteiger partial charge on any atom is -0.492 e. The standard InChI is InChI=1S/C21H20F3N3O4/c1-4-29-17-10-15-18(27-13-6-8-14(9-7-13)31-21(22,23)24)16(20(28)30-5-2)11-25-19(15)26-12(17)3/h6-11H,4-5H2,1-3H3,(H,25,26,27). The summed E-state index contributed by atoms with van der Waals surface area (Å²) in [5.74, 6) is -0.441. The average molecular weight is 435 g/mol. The van der Waals surface area contributed by atoms with Crippen LogP contribution in [0, 0.1) is 6.92 Å². The molecule has 0 bridgehead atoms. The molecule has 1 N–H and O–H groups in total. The monoisotopic (exact) mass is 435 g/mol. The maximum absolute atomic E-state index is 12.5. The molecule has 0 aliphatic heterocycles. The number of carbonyl (C=O) groups excluding carboxylic acids is 1. The average Bonchev–Trinajstić information content (AvgIpc) is 2.69. The Hall–Kier alpha value is -3.56. The number of esters is 1. The van der Waals surface area contributed by atoms with Gasteiger partial charge in [0.25, 0.3) is 0 Å². The minimum absolute atomic E-state index is 0.151. The summed E-state index contributed by atoms with van der Waals surface area (Å²) in [6, 6.07) is 6.83. The summed E-state index contributed by atoms with van der Waals surface area (Å²) < 4.78 is 51.8. The van der Waals surface area contributed by atoms with Crippen molar-refractivity contribution in [2.45, 2.75) is 27.1 Å². The number of hydrogen-bond acceptors (Lipinski definition) is 7. The molecule has 3 aromatic rings. The molecule has 0 radical (unpaired) electrons. The van der Waals surface area contributed by atoms with E-state index in [-0.39, 0.29) is 17.9 Å². The zero-order chi connectivity index (χ0) is 22.6. The molecule has 0 amide bonds. The minimum atomic E-state index is -4.79. The molecule has 3 rings (SSSR count). The first-order valence-electron chi connectivity index (χ1n) is 9.45. The molecule has 0 unspecified atom stereocenters. The highest BCUT2D eigenvalue weighted by Crippen LogP contribution is 2.33. The Morgan fingerprint density at radius 3 is 2.45 bits per heavy atom. The van der Waals surface area contributed by atoms with Crippen LogP contribution in [0.1, 0.15) is 29.9 Å². The molecule has 164 valence electrons. The van der Waals surface area contributed by atoms with E-state index in [2.05, 4.69) is 20.0 Å². The second kappa shape index (κ2) is 9.07. The van der Waals surface area contributed by atoms with Gasteiger partial charge in [-0.2, -0.15) is 0 Å². The molecule has 0 spiro atoms. The van der Waals surface area contributed by atoms with Crippen LogP contribution in [0.4, 0.5) is 24.5 Å². The quantitative estimate of drug-likeness (QED) is 0.514. The number of carbonyl (C=O) groups is 1. The molecule has 0 aliphatic rings. The molecule has 31 heavy (non-hydrogen) atoms. The summed E-state index contributed by atoms with van der Waals surface area (Å²) in [6.07, 6.45) is -3.44. The number of rotatable bonds is 7. The molecule has 0 saturated heterocycles. The summed E-state index contributed by atoms with van der Waals surface area (Å²) in [5.41, 5.74) is 1.92. The Balaban J connectivity index is 2.07. The van der Waals surface area contributed by atoms with Gasteiger partial charge in [0.1, 0.15) is 17.1 Å². The summed E-state index contributed by atoms with van der Waals surface area (Å²) in [6.45, 7) is 5.87. The molecular formula is C21H20F3N3O4.